The van der Waals surface area contributed by atoms with Gasteiger partial charge in [-0.05, 0) is 32.4 Å². The van der Waals surface area contributed by atoms with Crippen LogP contribution in [-0.2, 0) is 0 Å². The highest BCUT2D eigenvalue weighted by Crippen LogP contribution is 2.26. The number of urea groups is 1. The molecule has 1 aromatic rings. The van der Waals surface area contributed by atoms with E-state index in [1.165, 1.54) is 11.0 Å². The van der Waals surface area contributed by atoms with Crippen molar-refractivity contribution in [1.82, 2.24) is 4.90 Å². The van der Waals surface area contributed by atoms with Gasteiger partial charge in [-0.1, -0.05) is 15.9 Å². The number of hydrogen-bond acceptors (Lipinski definition) is 2. The maximum Gasteiger partial charge on any atom is 0.322 e. The topological polar surface area (TPSA) is 52.6 Å². The van der Waals surface area contributed by atoms with E-state index in [1.54, 1.807) is 13.0 Å². The Morgan fingerprint density at radius 3 is 2.84 bits per heavy atom. The van der Waals surface area contributed by atoms with Crippen molar-refractivity contribution in [2.45, 2.75) is 32.4 Å². The molecule has 2 amide bonds. The van der Waals surface area contributed by atoms with Crippen molar-refractivity contribution in [3.8, 4) is 0 Å². The fraction of sp³-hybridized carbons (Fsp3) is 0.462. The van der Waals surface area contributed by atoms with Crippen molar-refractivity contribution in [3.63, 3.8) is 0 Å². The summed E-state index contributed by atoms with van der Waals surface area (Å²) in [6, 6.07) is 2.77. The molecule has 1 aliphatic heterocycles. The van der Waals surface area contributed by atoms with Gasteiger partial charge in [-0.25, -0.2) is 9.18 Å². The predicted octanol–water partition coefficient (Wildman–Crippen LogP) is 2.88. The Kier molecular flexibility index (Phi) is 4.10. The predicted molar refractivity (Wildman–Crippen MR) is 74.6 cm³/mol. The number of carbonyl (C=O) groups excluding carboxylic acids is 1. The molecule has 0 saturated carbocycles. The van der Waals surface area contributed by atoms with Crippen LogP contribution < -0.4 is 5.32 Å². The van der Waals surface area contributed by atoms with Crippen molar-refractivity contribution < 1.29 is 14.3 Å². The molecule has 1 heterocycles. The molecule has 0 radical (unpaired) electrons. The molecule has 1 saturated heterocycles. The van der Waals surface area contributed by atoms with Gasteiger partial charge in [0.25, 0.3) is 0 Å². The van der Waals surface area contributed by atoms with Crippen molar-refractivity contribution in [2.75, 3.05) is 11.9 Å². The lowest BCUT2D eigenvalue weighted by Crippen LogP contribution is -2.38. The Bertz CT molecular complexity index is 510. The number of carbonyl (C=O) groups is 1. The largest absolute Gasteiger partial charge is 0.391 e. The van der Waals surface area contributed by atoms with Crippen LogP contribution in [0.3, 0.4) is 0 Å². The smallest absolute Gasteiger partial charge is 0.322 e. The molecule has 2 rings (SSSR count). The molecule has 2 atom stereocenters. The number of rotatable bonds is 1. The minimum absolute atomic E-state index is 0.0467. The summed E-state index contributed by atoms with van der Waals surface area (Å²) in [6.07, 6.45) is 0.0483. The van der Waals surface area contributed by atoms with E-state index in [9.17, 15) is 14.3 Å². The molecule has 2 N–H and O–H groups in total. The lowest BCUT2D eigenvalue weighted by molar-refractivity contribution is 0.176. The van der Waals surface area contributed by atoms with Crippen molar-refractivity contribution >= 4 is 27.6 Å². The van der Waals surface area contributed by atoms with E-state index in [0.717, 1.165) is 0 Å². The molecule has 0 bridgehead atoms. The summed E-state index contributed by atoms with van der Waals surface area (Å²) in [6.45, 7) is 3.78. The molecule has 19 heavy (non-hydrogen) atoms. The minimum Gasteiger partial charge on any atom is -0.391 e. The zero-order valence-corrected chi connectivity index (χ0v) is 12.4. The van der Waals surface area contributed by atoms with Gasteiger partial charge in [-0.3, -0.25) is 0 Å². The molecule has 2 unspecified atom stereocenters. The molecular weight excluding hydrogens is 315 g/mol. The normalized spacial score (nSPS) is 22.7. The number of aliphatic hydroxyl groups excluding tert-OH is 1. The van der Waals surface area contributed by atoms with Crippen LogP contribution in [0.4, 0.5) is 14.9 Å². The number of likely N-dealkylation sites (tertiary alicyclic amines) is 1. The van der Waals surface area contributed by atoms with Crippen molar-refractivity contribution in [2.24, 2.45) is 0 Å². The van der Waals surface area contributed by atoms with E-state index in [0.29, 0.717) is 16.5 Å². The van der Waals surface area contributed by atoms with Crippen LogP contribution in [0, 0.1) is 12.7 Å². The Hall–Kier alpha value is -1.14. The monoisotopic (exact) mass is 330 g/mol. The van der Waals surface area contributed by atoms with Crippen LogP contribution >= 0.6 is 15.9 Å². The first-order valence-corrected chi connectivity index (χ1v) is 6.89. The highest BCUT2D eigenvalue weighted by atomic mass is 79.9. The fourth-order valence-electron chi connectivity index (χ4n) is 2.23. The maximum atomic E-state index is 14.0. The van der Waals surface area contributed by atoms with Gasteiger partial charge >= 0.3 is 6.03 Å². The van der Waals surface area contributed by atoms with Crippen molar-refractivity contribution in [1.29, 1.82) is 0 Å². The van der Waals surface area contributed by atoms with E-state index in [1.807, 2.05) is 6.92 Å². The average Bonchev–Trinajstić information content (AvgIpc) is 2.69. The van der Waals surface area contributed by atoms with E-state index < -0.39 is 11.9 Å². The number of amides is 2. The number of aliphatic hydroxyl groups is 1. The number of β-amino-alcohol motifs (C(OH)–C–C–N with tert-alkyl or cyclic N) is 1. The summed E-state index contributed by atoms with van der Waals surface area (Å²) in [4.78, 5) is 13.6. The minimum atomic E-state index is -0.503. The SMILES string of the molecule is Cc1c(Br)ccc(NC(=O)N2CC(O)CC2C)c1F. The first-order valence-electron chi connectivity index (χ1n) is 6.10. The standard InChI is InChI=1S/C13H16BrFN2O2/c1-7-5-9(18)6-17(7)13(19)16-11-4-3-10(14)8(2)12(11)15/h3-4,7,9,18H,5-6H2,1-2H3,(H,16,19). The first-order chi connectivity index (χ1) is 8.90. The molecule has 1 aliphatic rings. The van der Waals surface area contributed by atoms with Crippen LogP contribution in [0.1, 0.15) is 18.9 Å². The summed E-state index contributed by atoms with van der Waals surface area (Å²) in [5.41, 5.74) is 0.603. The quantitative estimate of drug-likeness (QED) is 0.831. The molecule has 0 spiro atoms. The number of anilines is 1. The van der Waals surface area contributed by atoms with Gasteiger partial charge in [0.2, 0.25) is 0 Å². The number of hydrogen-bond donors (Lipinski definition) is 2. The summed E-state index contributed by atoms with van der Waals surface area (Å²) in [7, 11) is 0. The Morgan fingerprint density at radius 1 is 1.58 bits per heavy atom. The Labute approximate surface area is 119 Å². The summed E-state index contributed by atoms with van der Waals surface area (Å²) >= 11 is 3.23. The van der Waals surface area contributed by atoms with Gasteiger partial charge < -0.3 is 15.3 Å². The second-order valence-corrected chi connectivity index (χ2v) is 5.71. The van der Waals surface area contributed by atoms with Gasteiger partial charge in [-0.15, -0.1) is 0 Å². The zero-order valence-electron chi connectivity index (χ0n) is 10.8. The third kappa shape index (κ3) is 2.90. The van der Waals surface area contributed by atoms with Gasteiger partial charge in [0.05, 0.1) is 11.8 Å². The fourth-order valence-corrected chi connectivity index (χ4v) is 2.54. The Morgan fingerprint density at radius 2 is 2.26 bits per heavy atom. The maximum absolute atomic E-state index is 14.0. The molecular formula is C13H16BrFN2O2. The van der Waals surface area contributed by atoms with Crippen LogP contribution in [0.2, 0.25) is 0 Å². The van der Waals surface area contributed by atoms with Crippen molar-refractivity contribution in [3.05, 3.63) is 28.0 Å². The van der Waals surface area contributed by atoms with E-state index >= 15 is 0 Å². The van der Waals surface area contributed by atoms with Gasteiger partial charge in [-0.2, -0.15) is 0 Å². The number of nitrogens with one attached hydrogen (secondary N) is 1. The zero-order chi connectivity index (χ0) is 14.2. The summed E-state index contributed by atoms with van der Waals surface area (Å²) in [5.74, 6) is -0.449. The summed E-state index contributed by atoms with van der Waals surface area (Å²) in [5, 5.41) is 12.1. The van der Waals surface area contributed by atoms with E-state index in [4.69, 9.17) is 0 Å². The first kappa shape index (κ1) is 14.3. The number of nitrogens with zero attached hydrogens (tertiary/aromatic N) is 1. The lowest BCUT2D eigenvalue weighted by atomic mass is 10.2. The van der Waals surface area contributed by atoms with E-state index in [2.05, 4.69) is 21.2 Å². The molecule has 1 aromatic carbocycles. The molecule has 4 nitrogen and oxygen atoms in total. The van der Waals surface area contributed by atoms with Crippen LogP contribution in [-0.4, -0.2) is 34.7 Å². The van der Waals surface area contributed by atoms with Gasteiger partial charge in [0, 0.05) is 22.6 Å². The second kappa shape index (κ2) is 5.46. The lowest BCUT2D eigenvalue weighted by Gasteiger charge is -2.22. The van der Waals surface area contributed by atoms with Gasteiger partial charge in [0.1, 0.15) is 0 Å². The highest BCUT2D eigenvalue weighted by molar-refractivity contribution is 9.10. The summed E-state index contributed by atoms with van der Waals surface area (Å²) < 4.78 is 14.6. The van der Waals surface area contributed by atoms with Gasteiger partial charge in [0.15, 0.2) is 5.82 Å². The van der Waals surface area contributed by atoms with Crippen LogP contribution in [0.15, 0.2) is 16.6 Å². The average molecular weight is 331 g/mol. The molecule has 1 fully saturated rings. The number of benzene rings is 1. The number of halogens is 2. The molecule has 0 aliphatic carbocycles. The van der Waals surface area contributed by atoms with Crippen LogP contribution in [0.25, 0.3) is 0 Å². The Balaban J connectivity index is 2.14. The molecule has 6 heteroatoms. The third-order valence-corrected chi connectivity index (χ3v) is 4.23. The molecule has 104 valence electrons. The molecule has 0 aromatic heterocycles. The van der Waals surface area contributed by atoms with E-state index in [-0.39, 0.29) is 24.3 Å². The highest BCUT2D eigenvalue weighted by Gasteiger charge is 2.31. The van der Waals surface area contributed by atoms with Crippen LogP contribution in [0.5, 0.6) is 0 Å². The third-order valence-electron chi connectivity index (χ3n) is 3.38. The second-order valence-electron chi connectivity index (χ2n) is 4.85.